The molecule has 1 fully saturated rings. The molecule has 0 radical (unpaired) electrons. The highest BCUT2D eigenvalue weighted by molar-refractivity contribution is 5.93. The lowest BCUT2D eigenvalue weighted by Gasteiger charge is -2.37. The first-order chi connectivity index (χ1) is 9.55. The Morgan fingerprint density at radius 3 is 2.70 bits per heavy atom. The van der Waals surface area contributed by atoms with Gasteiger partial charge in [-0.15, -0.1) is 0 Å². The number of aromatic amines is 1. The first kappa shape index (κ1) is 14.4. The van der Waals surface area contributed by atoms with E-state index in [1.165, 1.54) is 12.4 Å². The predicted molar refractivity (Wildman–Crippen MR) is 73.4 cm³/mol. The summed E-state index contributed by atoms with van der Waals surface area (Å²) in [5.41, 5.74) is -0.648. The number of rotatable bonds is 4. The Hall–Kier alpha value is -2.05. The molecule has 2 amide bonds. The van der Waals surface area contributed by atoms with Gasteiger partial charge in [0.1, 0.15) is 5.54 Å². The molecule has 0 unspecified atom stereocenters. The van der Waals surface area contributed by atoms with E-state index in [9.17, 15) is 14.7 Å². The van der Waals surface area contributed by atoms with E-state index >= 15 is 0 Å². The number of carboxylic acid groups (broad SMARTS) is 1. The largest absolute Gasteiger partial charge is 0.480 e. The molecule has 1 saturated carbocycles. The van der Waals surface area contributed by atoms with Crippen molar-refractivity contribution in [2.75, 3.05) is 5.32 Å². The van der Waals surface area contributed by atoms with Crippen LogP contribution >= 0.6 is 0 Å². The van der Waals surface area contributed by atoms with Crippen LogP contribution in [0.1, 0.15) is 39.0 Å². The third-order valence-electron chi connectivity index (χ3n) is 4.05. The first-order valence-corrected chi connectivity index (χ1v) is 6.87. The van der Waals surface area contributed by atoms with Crippen LogP contribution in [0.5, 0.6) is 0 Å². The van der Waals surface area contributed by atoms with E-state index in [1.54, 1.807) is 0 Å². The van der Waals surface area contributed by atoms with Gasteiger partial charge in [0, 0.05) is 6.20 Å². The van der Waals surface area contributed by atoms with E-state index in [0.717, 1.165) is 19.3 Å². The van der Waals surface area contributed by atoms with Gasteiger partial charge in [-0.05, 0) is 31.6 Å². The minimum Gasteiger partial charge on any atom is -0.480 e. The van der Waals surface area contributed by atoms with Gasteiger partial charge in [-0.1, -0.05) is 13.3 Å². The van der Waals surface area contributed by atoms with Crippen molar-refractivity contribution in [1.29, 1.82) is 0 Å². The number of anilines is 1. The van der Waals surface area contributed by atoms with Crippen molar-refractivity contribution in [1.82, 2.24) is 15.5 Å². The summed E-state index contributed by atoms with van der Waals surface area (Å²) >= 11 is 0. The number of hydrogen-bond acceptors (Lipinski definition) is 3. The summed E-state index contributed by atoms with van der Waals surface area (Å²) in [6, 6.07) is -0.510. The summed E-state index contributed by atoms with van der Waals surface area (Å²) in [7, 11) is 0. The fourth-order valence-electron chi connectivity index (χ4n) is 2.67. The third kappa shape index (κ3) is 3.09. The van der Waals surface area contributed by atoms with Gasteiger partial charge in [-0.2, -0.15) is 5.10 Å². The zero-order valence-electron chi connectivity index (χ0n) is 11.5. The number of nitrogens with one attached hydrogen (secondary N) is 3. The molecule has 0 bridgehead atoms. The molecule has 4 N–H and O–H groups in total. The molecule has 110 valence electrons. The molecule has 1 aliphatic rings. The van der Waals surface area contributed by atoms with Crippen LogP contribution in [0, 0.1) is 5.92 Å². The molecule has 7 heteroatoms. The average molecular weight is 280 g/mol. The van der Waals surface area contributed by atoms with Crippen LogP contribution in [0.15, 0.2) is 12.4 Å². The fraction of sp³-hybridized carbons (Fsp3) is 0.615. The Morgan fingerprint density at radius 1 is 1.50 bits per heavy atom. The maximum atomic E-state index is 11.9. The lowest BCUT2D eigenvalue weighted by Crippen LogP contribution is -2.57. The van der Waals surface area contributed by atoms with Crippen molar-refractivity contribution in [2.24, 2.45) is 5.92 Å². The van der Waals surface area contributed by atoms with Crippen molar-refractivity contribution in [3.8, 4) is 0 Å². The molecular formula is C13H20N4O3. The molecular weight excluding hydrogens is 260 g/mol. The van der Waals surface area contributed by atoms with Crippen LogP contribution in [0.2, 0.25) is 0 Å². The normalized spacial score (nSPS) is 25.9. The van der Waals surface area contributed by atoms with E-state index < -0.39 is 17.5 Å². The molecule has 1 aliphatic carbocycles. The second kappa shape index (κ2) is 5.94. The third-order valence-corrected chi connectivity index (χ3v) is 4.05. The van der Waals surface area contributed by atoms with E-state index in [-0.39, 0.29) is 0 Å². The maximum Gasteiger partial charge on any atom is 0.329 e. The van der Waals surface area contributed by atoms with Crippen LogP contribution in [0.25, 0.3) is 0 Å². The van der Waals surface area contributed by atoms with Crippen molar-refractivity contribution in [3.63, 3.8) is 0 Å². The highest BCUT2D eigenvalue weighted by Gasteiger charge is 2.42. The van der Waals surface area contributed by atoms with Gasteiger partial charge in [-0.3, -0.25) is 5.10 Å². The molecule has 0 saturated heterocycles. The van der Waals surface area contributed by atoms with Gasteiger partial charge < -0.3 is 15.7 Å². The summed E-state index contributed by atoms with van der Waals surface area (Å²) in [4.78, 5) is 23.5. The second-order valence-corrected chi connectivity index (χ2v) is 5.30. The number of nitrogens with zero attached hydrogens (tertiary/aromatic N) is 1. The number of hydrogen-bond donors (Lipinski definition) is 4. The minimum atomic E-state index is -1.15. The van der Waals surface area contributed by atoms with Crippen LogP contribution in [0.3, 0.4) is 0 Å². The molecule has 0 aliphatic heterocycles. The van der Waals surface area contributed by atoms with Crippen LogP contribution in [-0.2, 0) is 4.79 Å². The van der Waals surface area contributed by atoms with Crippen molar-refractivity contribution < 1.29 is 14.7 Å². The Kier molecular flexibility index (Phi) is 4.26. The van der Waals surface area contributed by atoms with Gasteiger partial charge in [0.25, 0.3) is 0 Å². The lowest BCUT2D eigenvalue weighted by molar-refractivity contribution is -0.146. The molecule has 1 heterocycles. The molecule has 0 atom stereocenters. The van der Waals surface area contributed by atoms with Gasteiger partial charge in [0.2, 0.25) is 0 Å². The topological polar surface area (TPSA) is 107 Å². The van der Waals surface area contributed by atoms with E-state index in [2.05, 4.69) is 27.8 Å². The molecule has 1 aromatic heterocycles. The van der Waals surface area contributed by atoms with Gasteiger partial charge in [-0.25, -0.2) is 9.59 Å². The number of carbonyl (C=O) groups excluding carboxylic acids is 1. The summed E-state index contributed by atoms with van der Waals surface area (Å²) in [6.45, 7) is 2.11. The smallest absolute Gasteiger partial charge is 0.329 e. The second-order valence-electron chi connectivity index (χ2n) is 5.30. The fourth-order valence-corrected chi connectivity index (χ4v) is 2.67. The predicted octanol–water partition coefficient (Wildman–Crippen LogP) is 1.95. The number of carbonyl (C=O) groups is 2. The van der Waals surface area contributed by atoms with Crippen molar-refractivity contribution >= 4 is 17.7 Å². The Labute approximate surface area is 117 Å². The number of aromatic nitrogens is 2. The van der Waals surface area contributed by atoms with E-state index in [4.69, 9.17) is 0 Å². The number of urea groups is 1. The zero-order valence-corrected chi connectivity index (χ0v) is 11.5. The van der Waals surface area contributed by atoms with E-state index in [0.29, 0.717) is 24.4 Å². The summed E-state index contributed by atoms with van der Waals surface area (Å²) < 4.78 is 0. The molecule has 0 spiro atoms. The minimum absolute atomic E-state index is 0.472. The average Bonchev–Trinajstić information content (AvgIpc) is 2.92. The zero-order chi connectivity index (χ0) is 14.6. The lowest BCUT2D eigenvalue weighted by atomic mass is 9.75. The van der Waals surface area contributed by atoms with Crippen LogP contribution in [0.4, 0.5) is 10.5 Å². The molecule has 0 aromatic carbocycles. The summed E-state index contributed by atoms with van der Waals surface area (Å²) in [5.74, 6) is -0.407. The number of carboxylic acids is 1. The van der Waals surface area contributed by atoms with Crippen LogP contribution in [-0.4, -0.2) is 32.8 Å². The maximum absolute atomic E-state index is 11.9. The number of aliphatic carboxylic acids is 1. The molecule has 2 rings (SSSR count). The Balaban J connectivity index is 1.99. The highest BCUT2D eigenvalue weighted by Crippen LogP contribution is 2.34. The van der Waals surface area contributed by atoms with Gasteiger partial charge >= 0.3 is 12.0 Å². The molecule has 20 heavy (non-hydrogen) atoms. The molecule has 1 aromatic rings. The monoisotopic (exact) mass is 280 g/mol. The van der Waals surface area contributed by atoms with Crippen molar-refractivity contribution in [2.45, 2.75) is 44.6 Å². The quantitative estimate of drug-likeness (QED) is 0.676. The number of H-pyrrole nitrogens is 1. The van der Waals surface area contributed by atoms with E-state index in [1.807, 2.05) is 0 Å². The van der Waals surface area contributed by atoms with Crippen LogP contribution < -0.4 is 10.6 Å². The Morgan fingerprint density at radius 2 is 2.20 bits per heavy atom. The SMILES string of the molecule is CCC1CCC(NC(=O)Nc2cn[nH]c2)(C(=O)O)CC1. The van der Waals surface area contributed by atoms with Gasteiger partial charge in [0.05, 0.1) is 11.9 Å². The summed E-state index contributed by atoms with van der Waals surface area (Å²) in [5, 5.41) is 20.9. The van der Waals surface area contributed by atoms with Crippen molar-refractivity contribution in [3.05, 3.63) is 12.4 Å². The standard InChI is InChI=1S/C13H20N4O3/c1-2-9-3-5-13(6-4-9,11(18)19)17-12(20)16-10-7-14-15-8-10/h7-9H,2-6H2,1H3,(H,14,15)(H,18,19)(H2,16,17,20). The van der Waals surface area contributed by atoms with Gasteiger partial charge in [0.15, 0.2) is 0 Å². The first-order valence-electron chi connectivity index (χ1n) is 6.87. The molecule has 7 nitrogen and oxygen atoms in total. The highest BCUT2D eigenvalue weighted by atomic mass is 16.4. The summed E-state index contributed by atoms with van der Waals surface area (Å²) in [6.07, 6.45) is 6.64. The Bertz CT molecular complexity index is 464. The number of amides is 2.